The third-order valence-electron chi connectivity index (χ3n) is 1.84. The Kier molecular flexibility index (Phi) is 2.37. The lowest BCUT2D eigenvalue weighted by Crippen LogP contribution is -2.13. The van der Waals surface area contributed by atoms with Crippen LogP contribution in [-0.4, -0.2) is 26.2 Å². The van der Waals surface area contributed by atoms with E-state index in [0.29, 0.717) is 16.5 Å². The maximum atomic E-state index is 9.40. The second kappa shape index (κ2) is 3.53. The van der Waals surface area contributed by atoms with E-state index in [1.54, 1.807) is 22.8 Å². The van der Waals surface area contributed by atoms with Crippen molar-refractivity contribution in [1.29, 1.82) is 0 Å². The molecule has 2 heterocycles. The smallest absolute Gasteiger partial charge is 0.181 e. The summed E-state index contributed by atoms with van der Waals surface area (Å²) >= 11 is 5.77. The highest BCUT2D eigenvalue weighted by Gasteiger charge is 2.11. The van der Waals surface area contributed by atoms with E-state index in [9.17, 15) is 5.11 Å². The highest BCUT2D eigenvalue weighted by molar-refractivity contribution is 6.30. The van der Waals surface area contributed by atoms with Gasteiger partial charge in [0.25, 0.3) is 0 Å². The Labute approximate surface area is 85.1 Å². The predicted molar refractivity (Wildman–Crippen MR) is 52.0 cm³/mol. The summed E-state index contributed by atoms with van der Waals surface area (Å²) in [6.45, 7) is 0.102. The number of hydrogen-bond acceptors (Lipinski definition) is 4. The second-order valence-corrected chi connectivity index (χ2v) is 3.31. The Hall–Kier alpha value is -1.17. The number of halogens is 1. The van der Waals surface area contributed by atoms with Gasteiger partial charge in [0.15, 0.2) is 11.5 Å². The van der Waals surface area contributed by atoms with E-state index in [1.165, 1.54) is 0 Å². The Morgan fingerprint density at radius 1 is 1.64 bits per heavy atom. The lowest BCUT2D eigenvalue weighted by molar-refractivity contribution is 0.177. The molecule has 0 aliphatic carbocycles. The minimum absolute atomic E-state index is 0.102. The molecule has 2 aromatic heterocycles. The fourth-order valence-electron chi connectivity index (χ4n) is 1.12. The van der Waals surface area contributed by atoms with Crippen molar-refractivity contribution in [3.8, 4) is 0 Å². The number of nitrogens with two attached hydrogens (primary N) is 1. The van der Waals surface area contributed by atoms with Crippen molar-refractivity contribution in [1.82, 2.24) is 14.6 Å². The highest BCUT2D eigenvalue weighted by Crippen LogP contribution is 2.13. The molecule has 0 aliphatic rings. The summed E-state index contributed by atoms with van der Waals surface area (Å²) in [5.74, 6) is 0.315. The molecule has 2 rings (SSSR count). The lowest BCUT2D eigenvalue weighted by Gasteiger charge is -1.98. The van der Waals surface area contributed by atoms with Gasteiger partial charge in [0.1, 0.15) is 6.10 Å². The van der Waals surface area contributed by atoms with Gasteiger partial charge in [0, 0.05) is 23.8 Å². The molecule has 0 aromatic carbocycles. The van der Waals surface area contributed by atoms with Crippen LogP contribution in [0.1, 0.15) is 11.9 Å². The summed E-state index contributed by atoms with van der Waals surface area (Å²) in [4.78, 5) is 4.08. The first kappa shape index (κ1) is 9.39. The highest BCUT2D eigenvalue weighted by atomic mass is 35.5. The zero-order valence-corrected chi connectivity index (χ0v) is 8.02. The standard InChI is InChI=1S/C8H9ClN4O/c9-5-1-2-13-7(3-5)11-8(12-13)6(14)4-10/h1-3,6,14H,4,10H2. The van der Waals surface area contributed by atoms with Crippen LogP contribution >= 0.6 is 11.6 Å². The third-order valence-corrected chi connectivity index (χ3v) is 2.07. The molecule has 2 aromatic rings. The molecule has 1 atom stereocenters. The van der Waals surface area contributed by atoms with Crippen LogP contribution in [0.15, 0.2) is 18.3 Å². The van der Waals surface area contributed by atoms with E-state index in [4.69, 9.17) is 17.3 Å². The predicted octanol–water partition coefficient (Wildman–Crippen LogP) is 0.375. The van der Waals surface area contributed by atoms with Gasteiger partial charge in [-0.3, -0.25) is 0 Å². The van der Waals surface area contributed by atoms with Crippen molar-refractivity contribution in [2.45, 2.75) is 6.10 Å². The summed E-state index contributed by atoms with van der Waals surface area (Å²) in [7, 11) is 0. The Bertz CT molecular complexity index is 456. The van der Waals surface area contributed by atoms with Crippen molar-refractivity contribution in [2.75, 3.05) is 6.54 Å². The van der Waals surface area contributed by atoms with Crippen molar-refractivity contribution in [2.24, 2.45) is 5.73 Å². The number of aliphatic hydroxyl groups excluding tert-OH is 1. The summed E-state index contributed by atoms with van der Waals surface area (Å²) in [5, 5.41) is 14.0. The fraction of sp³-hybridized carbons (Fsp3) is 0.250. The quantitative estimate of drug-likeness (QED) is 0.755. The van der Waals surface area contributed by atoms with Gasteiger partial charge < -0.3 is 10.8 Å². The van der Waals surface area contributed by atoms with Crippen LogP contribution in [-0.2, 0) is 0 Å². The van der Waals surface area contributed by atoms with Crippen molar-refractivity contribution in [3.05, 3.63) is 29.2 Å². The first-order valence-electron chi connectivity index (χ1n) is 4.10. The van der Waals surface area contributed by atoms with E-state index in [0.717, 1.165) is 0 Å². The molecule has 0 saturated heterocycles. The first-order chi connectivity index (χ1) is 6.70. The molecule has 74 valence electrons. The van der Waals surface area contributed by atoms with Crippen molar-refractivity contribution >= 4 is 17.2 Å². The maximum absolute atomic E-state index is 9.40. The Balaban J connectivity index is 2.51. The second-order valence-electron chi connectivity index (χ2n) is 2.87. The van der Waals surface area contributed by atoms with Gasteiger partial charge in [0.2, 0.25) is 0 Å². The molecule has 0 bridgehead atoms. The van der Waals surface area contributed by atoms with Gasteiger partial charge in [-0.25, -0.2) is 9.50 Å². The zero-order valence-electron chi connectivity index (χ0n) is 7.26. The van der Waals surface area contributed by atoms with E-state index in [2.05, 4.69) is 10.1 Å². The molecule has 3 N–H and O–H groups in total. The average molecular weight is 213 g/mol. The molecule has 0 aliphatic heterocycles. The largest absolute Gasteiger partial charge is 0.384 e. The lowest BCUT2D eigenvalue weighted by atomic mass is 10.3. The molecular weight excluding hydrogens is 204 g/mol. The van der Waals surface area contributed by atoms with E-state index < -0.39 is 6.10 Å². The maximum Gasteiger partial charge on any atom is 0.181 e. The zero-order chi connectivity index (χ0) is 10.1. The van der Waals surface area contributed by atoms with Crippen LogP contribution in [0.3, 0.4) is 0 Å². The Morgan fingerprint density at radius 3 is 3.14 bits per heavy atom. The number of aliphatic hydroxyl groups is 1. The normalized spacial score (nSPS) is 13.4. The molecule has 14 heavy (non-hydrogen) atoms. The third kappa shape index (κ3) is 1.57. The number of rotatable bonds is 2. The van der Waals surface area contributed by atoms with Gasteiger partial charge in [0.05, 0.1) is 0 Å². The minimum atomic E-state index is -0.825. The SMILES string of the molecule is NCC(O)c1nc2cc(Cl)ccn2n1. The molecule has 1 unspecified atom stereocenters. The van der Waals surface area contributed by atoms with E-state index in [-0.39, 0.29) is 6.54 Å². The number of fused-ring (bicyclic) bond motifs is 1. The molecule has 0 spiro atoms. The summed E-state index contributed by atoms with van der Waals surface area (Å²) in [6.07, 6.45) is 0.853. The fourth-order valence-corrected chi connectivity index (χ4v) is 1.27. The summed E-state index contributed by atoms with van der Waals surface area (Å²) in [5.41, 5.74) is 5.89. The number of nitrogens with zero attached hydrogens (tertiary/aromatic N) is 3. The number of hydrogen-bond donors (Lipinski definition) is 2. The van der Waals surface area contributed by atoms with E-state index >= 15 is 0 Å². The molecule has 0 fully saturated rings. The van der Waals surface area contributed by atoms with Crippen LogP contribution in [0.5, 0.6) is 0 Å². The molecule has 0 amide bonds. The average Bonchev–Trinajstić information content (AvgIpc) is 2.59. The molecule has 0 radical (unpaired) electrons. The first-order valence-corrected chi connectivity index (χ1v) is 4.48. The van der Waals surface area contributed by atoms with Crippen LogP contribution in [0.2, 0.25) is 5.02 Å². The van der Waals surface area contributed by atoms with Crippen LogP contribution in [0.4, 0.5) is 0 Å². The van der Waals surface area contributed by atoms with E-state index in [1.807, 2.05) is 0 Å². The monoisotopic (exact) mass is 212 g/mol. The number of aromatic nitrogens is 3. The molecule has 0 saturated carbocycles. The molecule has 6 heteroatoms. The molecule has 5 nitrogen and oxygen atoms in total. The van der Waals surface area contributed by atoms with Crippen molar-refractivity contribution < 1.29 is 5.11 Å². The van der Waals surface area contributed by atoms with Gasteiger partial charge in [-0.15, -0.1) is 5.10 Å². The van der Waals surface area contributed by atoms with Gasteiger partial charge >= 0.3 is 0 Å². The Morgan fingerprint density at radius 2 is 2.43 bits per heavy atom. The van der Waals surface area contributed by atoms with Gasteiger partial charge in [-0.1, -0.05) is 11.6 Å². The minimum Gasteiger partial charge on any atom is -0.384 e. The topological polar surface area (TPSA) is 76.4 Å². The summed E-state index contributed by atoms with van der Waals surface area (Å²) < 4.78 is 1.54. The van der Waals surface area contributed by atoms with Crippen LogP contribution in [0.25, 0.3) is 5.65 Å². The van der Waals surface area contributed by atoms with Crippen molar-refractivity contribution in [3.63, 3.8) is 0 Å². The number of pyridine rings is 1. The van der Waals surface area contributed by atoms with Gasteiger partial charge in [-0.2, -0.15) is 0 Å². The van der Waals surface area contributed by atoms with Crippen LogP contribution < -0.4 is 5.73 Å². The van der Waals surface area contributed by atoms with Crippen LogP contribution in [0, 0.1) is 0 Å². The summed E-state index contributed by atoms with van der Waals surface area (Å²) in [6, 6.07) is 3.36. The van der Waals surface area contributed by atoms with Gasteiger partial charge in [-0.05, 0) is 6.07 Å². The molecular formula is C8H9ClN4O.